The summed E-state index contributed by atoms with van der Waals surface area (Å²) in [4.78, 5) is 2.53. The van der Waals surface area contributed by atoms with Crippen molar-refractivity contribution in [1.82, 2.24) is 4.90 Å². The summed E-state index contributed by atoms with van der Waals surface area (Å²) >= 11 is 6.16. The van der Waals surface area contributed by atoms with Gasteiger partial charge in [0.05, 0.1) is 6.61 Å². The van der Waals surface area contributed by atoms with Gasteiger partial charge in [-0.1, -0.05) is 41.9 Å². The molecule has 4 heteroatoms. The van der Waals surface area contributed by atoms with Gasteiger partial charge in [-0.15, -0.1) is 12.4 Å². The molecule has 0 amide bonds. The van der Waals surface area contributed by atoms with Crippen LogP contribution in [0, 0.1) is 5.92 Å². The van der Waals surface area contributed by atoms with Crippen LogP contribution in [0.1, 0.15) is 17.0 Å². The molecule has 1 fully saturated rings. The fraction of sp³-hybridized carbons (Fsp3) is 0.333. The number of likely N-dealkylation sites (tertiary alicyclic amines) is 1. The Morgan fingerprint density at radius 2 is 1.91 bits per heavy atom. The highest BCUT2D eigenvalue weighted by molar-refractivity contribution is 6.30. The van der Waals surface area contributed by atoms with Gasteiger partial charge in [-0.05, 0) is 23.8 Å². The minimum Gasteiger partial charge on any atom is -0.493 e. The van der Waals surface area contributed by atoms with Crippen LogP contribution in [0.25, 0.3) is 0 Å². The summed E-state index contributed by atoms with van der Waals surface area (Å²) < 4.78 is 5.91. The van der Waals surface area contributed by atoms with E-state index in [1.807, 2.05) is 12.1 Å². The maximum absolute atomic E-state index is 6.16. The summed E-state index contributed by atoms with van der Waals surface area (Å²) in [5.74, 6) is 2.15. The molecule has 2 aliphatic heterocycles. The van der Waals surface area contributed by atoms with E-state index in [-0.39, 0.29) is 12.4 Å². The van der Waals surface area contributed by atoms with Crippen LogP contribution in [0.5, 0.6) is 5.75 Å². The molecule has 4 rings (SSSR count). The number of fused-ring (bicyclic) bond motifs is 3. The van der Waals surface area contributed by atoms with Gasteiger partial charge >= 0.3 is 0 Å². The maximum atomic E-state index is 6.16. The van der Waals surface area contributed by atoms with Crippen LogP contribution in [0.4, 0.5) is 0 Å². The first-order chi connectivity index (χ1) is 10.3. The Bertz CT molecular complexity index is 647. The van der Waals surface area contributed by atoms with Crippen LogP contribution in [0.3, 0.4) is 0 Å². The zero-order valence-corrected chi connectivity index (χ0v) is 13.8. The van der Waals surface area contributed by atoms with Crippen molar-refractivity contribution in [3.8, 4) is 5.75 Å². The van der Waals surface area contributed by atoms with Crippen molar-refractivity contribution in [1.29, 1.82) is 0 Å². The van der Waals surface area contributed by atoms with Gasteiger partial charge < -0.3 is 4.74 Å². The van der Waals surface area contributed by atoms with E-state index in [0.29, 0.717) is 11.8 Å². The first kappa shape index (κ1) is 15.7. The van der Waals surface area contributed by atoms with E-state index in [2.05, 4.69) is 41.3 Å². The van der Waals surface area contributed by atoms with Crippen LogP contribution < -0.4 is 4.74 Å². The highest BCUT2D eigenvalue weighted by atomic mass is 35.5. The number of hydrogen-bond acceptors (Lipinski definition) is 2. The summed E-state index contributed by atoms with van der Waals surface area (Å²) in [5.41, 5.74) is 2.66. The average Bonchev–Trinajstić information content (AvgIpc) is 2.91. The quantitative estimate of drug-likeness (QED) is 0.807. The van der Waals surface area contributed by atoms with Gasteiger partial charge in [0.1, 0.15) is 5.75 Å². The minimum atomic E-state index is 0. The van der Waals surface area contributed by atoms with Gasteiger partial charge in [-0.2, -0.15) is 0 Å². The Hall–Kier alpha value is -1.22. The van der Waals surface area contributed by atoms with Crippen molar-refractivity contribution in [2.75, 3.05) is 19.7 Å². The van der Waals surface area contributed by atoms with Crippen molar-refractivity contribution < 1.29 is 4.74 Å². The Morgan fingerprint density at radius 3 is 2.73 bits per heavy atom. The van der Waals surface area contributed by atoms with Crippen LogP contribution in [0.15, 0.2) is 48.5 Å². The molecule has 0 aromatic heterocycles. The summed E-state index contributed by atoms with van der Waals surface area (Å²) in [6.07, 6.45) is 0. The second kappa shape index (κ2) is 6.49. The molecule has 116 valence electrons. The third-order valence-electron chi connectivity index (χ3n) is 4.59. The van der Waals surface area contributed by atoms with E-state index in [1.165, 1.54) is 11.1 Å². The summed E-state index contributed by atoms with van der Waals surface area (Å²) in [6.45, 7) is 4.04. The molecular formula is C18H19Cl2NO. The van der Waals surface area contributed by atoms with Crippen molar-refractivity contribution in [2.45, 2.75) is 12.5 Å². The Balaban J connectivity index is 0.00000144. The van der Waals surface area contributed by atoms with E-state index in [1.54, 1.807) is 0 Å². The summed E-state index contributed by atoms with van der Waals surface area (Å²) in [7, 11) is 0. The Labute approximate surface area is 142 Å². The molecule has 0 N–H and O–H groups in total. The highest BCUT2D eigenvalue weighted by Gasteiger charge is 2.38. The lowest BCUT2D eigenvalue weighted by Crippen LogP contribution is -2.25. The fourth-order valence-electron chi connectivity index (χ4n) is 3.59. The first-order valence-corrected chi connectivity index (χ1v) is 7.86. The van der Waals surface area contributed by atoms with Crippen molar-refractivity contribution >= 4 is 24.0 Å². The molecular weight excluding hydrogens is 317 g/mol. The number of hydrogen-bond donors (Lipinski definition) is 0. The average molecular weight is 336 g/mol. The second-order valence-electron chi connectivity index (χ2n) is 6.04. The van der Waals surface area contributed by atoms with E-state index >= 15 is 0 Å². The smallest absolute Gasteiger partial charge is 0.122 e. The molecule has 2 aromatic rings. The number of ether oxygens (including phenoxy) is 1. The monoisotopic (exact) mass is 335 g/mol. The molecule has 2 atom stereocenters. The fourth-order valence-corrected chi connectivity index (χ4v) is 3.77. The molecule has 0 saturated carbocycles. The van der Waals surface area contributed by atoms with Gasteiger partial charge in [0.2, 0.25) is 0 Å². The largest absolute Gasteiger partial charge is 0.493 e. The van der Waals surface area contributed by atoms with E-state index in [0.717, 1.165) is 37.0 Å². The standard InChI is InChI=1S/C18H18ClNO.ClH/c19-15-6-7-18-16(8-15)17-11-20(10-14(17)12-21-18)9-13-4-2-1-3-5-13;/h1-8,14,17H,9-12H2;1H. The molecule has 0 radical (unpaired) electrons. The minimum absolute atomic E-state index is 0. The number of halogens is 2. The molecule has 2 unspecified atom stereocenters. The zero-order valence-electron chi connectivity index (χ0n) is 12.2. The van der Waals surface area contributed by atoms with E-state index in [9.17, 15) is 0 Å². The lowest BCUT2D eigenvalue weighted by atomic mass is 9.87. The van der Waals surface area contributed by atoms with Crippen molar-refractivity contribution in [3.05, 3.63) is 64.7 Å². The Morgan fingerprint density at radius 1 is 1.09 bits per heavy atom. The van der Waals surface area contributed by atoms with Crippen molar-refractivity contribution in [2.24, 2.45) is 5.92 Å². The molecule has 2 heterocycles. The van der Waals surface area contributed by atoms with Gasteiger partial charge in [0.25, 0.3) is 0 Å². The van der Waals surface area contributed by atoms with Crippen LogP contribution in [-0.4, -0.2) is 24.6 Å². The zero-order chi connectivity index (χ0) is 14.2. The summed E-state index contributed by atoms with van der Waals surface area (Å²) in [6, 6.07) is 16.7. The van der Waals surface area contributed by atoms with Crippen LogP contribution in [0.2, 0.25) is 5.02 Å². The number of nitrogens with zero attached hydrogens (tertiary/aromatic N) is 1. The van der Waals surface area contributed by atoms with Crippen LogP contribution in [-0.2, 0) is 6.54 Å². The lowest BCUT2D eigenvalue weighted by molar-refractivity contribution is 0.212. The molecule has 0 bridgehead atoms. The third-order valence-corrected chi connectivity index (χ3v) is 4.82. The molecule has 2 nitrogen and oxygen atoms in total. The van der Waals surface area contributed by atoms with Crippen molar-refractivity contribution in [3.63, 3.8) is 0 Å². The summed E-state index contributed by atoms with van der Waals surface area (Å²) in [5, 5.41) is 0.805. The van der Waals surface area contributed by atoms with Gasteiger partial charge in [-0.3, -0.25) is 4.90 Å². The molecule has 0 aliphatic carbocycles. The molecule has 2 aromatic carbocycles. The SMILES string of the molecule is Cl.Clc1ccc2c(c1)C1CN(Cc3ccccc3)CC1CO2. The molecule has 2 aliphatic rings. The normalized spacial score (nSPS) is 23.1. The lowest BCUT2D eigenvalue weighted by Gasteiger charge is -2.27. The second-order valence-corrected chi connectivity index (χ2v) is 6.48. The predicted octanol–water partition coefficient (Wildman–Crippen LogP) is 4.37. The number of benzene rings is 2. The maximum Gasteiger partial charge on any atom is 0.122 e. The van der Waals surface area contributed by atoms with Gasteiger partial charge in [0, 0.05) is 42.1 Å². The van der Waals surface area contributed by atoms with Gasteiger partial charge in [0.15, 0.2) is 0 Å². The predicted molar refractivity (Wildman–Crippen MR) is 92.1 cm³/mol. The third kappa shape index (κ3) is 2.96. The van der Waals surface area contributed by atoms with E-state index < -0.39 is 0 Å². The first-order valence-electron chi connectivity index (χ1n) is 7.48. The topological polar surface area (TPSA) is 12.5 Å². The van der Waals surface area contributed by atoms with E-state index in [4.69, 9.17) is 16.3 Å². The number of rotatable bonds is 2. The molecule has 0 spiro atoms. The van der Waals surface area contributed by atoms with Crippen LogP contribution >= 0.6 is 24.0 Å². The highest BCUT2D eigenvalue weighted by Crippen LogP contribution is 2.42. The molecule has 22 heavy (non-hydrogen) atoms. The Kier molecular flexibility index (Phi) is 4.62. The molecule has 1 saturated heterocycles. The van der Waals surface area contributed by atoms with Gasteiger partial charge in [-0.25, -0.2) is 0 Å².